The van der Waals surface area contributed by atoms with Crippen LogP contribution in [0.25, 0.3) is 10.9 Å². The normalized spacial score (nSPS) is 10.8. The van der Waals surface area contributed by atoms with E-state index in [2.05, 4.69) is 0 Å². The number of nitro benzene ring substituents is 1. The summed E-state index contributed by atoms with van der Waals surface area (Å²) in [5.74, 6) is -0.758. The van der Waals surface area contributed by atoms with Crippen molar-refractivity contribution in [2.45, 2.75) is 32.4 Å². The minimum atomic E-state index is -0.905. The molecule has 3 aromatic rings. The molecule has 0 spiro atoms. The van der Waals surface area contributed by atoms with Crippen LogP contribution in [0, 0.1) is 10.1 Å². The van der Waals surface area contributed by atoms with Crippen LogP contribution in [0.5, 0.6) is 5.75 Å². The lowest BCUT2D eigenvalue weighted by molar-refractivity contribution is -0.384. The maximum atomic E-state index is 13.0. The van der Waals surface area contributed by atoms with Crippen LogP contribution in [-0.2, 0) is 17.9 Å². The SMILES string of the molecule is O=C(O)CCCCn1c(=O)c(OCc2ccccc2)cc2ccc([N+](=O)[O-])cc21. The molecule has 0 radical (unpaired) electrons. The molecule has 0 bridgehead atoms. The molecule has 0 aliphatic carbocycles. The van der Waals surface area contributed by atoms with Crippen LogP contribution in [0.2, 0.25) is 0 Å². The summed E-state index contributed by atoms with van der Waals surface area (Å²) in [6, 6.07) is 15.3. The molecule has 29 heavy (non-hydrogen) atoms. The van der Waals surface area contributed by atoms with Gasteiger partial charge in [0.05, 0.1) is 10.4 Å². The maximum Gasteiger partial charge on any atom is 0.303 e. The number of carboxylic acids is 1. The summed E-state index contributed by atoms with van der Waals surface area (Å²) in [6.07, 6.45) is 0.844. The van der Waals surface area contributed by atoms with Crippen molar-refractivity contribution < 1.29 is 19.6 Å². The second-order valence-corrected chi connectivity index (χ2v) is 6.59. The Bertz CT molecular complexity index is 1090. The van der Waals surface area contributed by atoms with E-state index in [9.17, 15) is 19.7 Å². The second kappa shape index (κ2) is 9.01. The third kappa shape index (κ3) is 4.98. The number of carbonyl (C=O) groups is 1. The van der Waals surface area contributed by atoms with Crippen LogP contribution in [0.3, 0.4) is 0 Å². The summed E-state index contributed by atoms with van der Waals surface area (Å²) in [6.45, 7) is 0.458. The van der Waals surface area contributed by atoms with E-state index in [-0.39, 0.29) is 31.0 Å². The molecular formula is C21H20N2O6. The highest BCUT2D eigenvalue weighted by Crippen LogP contribution is 2.23. The Kier molecular flexibility index (Phi) is 6.23. The molecule has 0 aliphatic heterocycles. The van der Waals surface area contributed by atoms with E-state index in [4.69, 9.17) is 9.84 Å². The number of ether oxygens (including phenoxy) is 1. The number of aromatic nitrogens is 1. The fourth-order valence-corrected chi connectivity index (χ4v) is 3.05. The van der Waals surface area contributed by atoms with Gasteiger partial charge in [-0.05, 0) is 30.5 Å². The fourth-order valence-electron chi connectivity index (χ4n) is 3.05. The number of aryl methyl sites for hydroxylation is 1. The Labute approximate surface area is 166 Å². The summed E-state index contributed by atoms with van der Waals surface area (Å²) < 4.78 is 7.15. The predicted octanol–water partition coefficient (Wildman–Crippen LogP) is 3.74. The van der Waals surface area contributed by atoms with Gasteiger partial charge in [-0.1, -0.05) is 30.3 Å². The lowest BCUT2D eigenvalue weighted by Crippen LogP contribution is -2.23. The number of nitro groups is 1. The third-order valence-electron chi connectivity index (χ3n) is 4.52. The molecule has 3 rings (SSSR count). The van der Waals surface area contributed by atoms with Gasteiger partial charge in [0.15, 0.2) is 5.75 Å². The van der Waals surface area contributed by atoms with Crippen molar-refractivity contribution in [2.24, 2.45) is 0 Å². The molecule has 1 N–H and O–H groups in total. The number of aliphatic carboxylic acids is 1. The van der Waals surface area contributed by atoms with Crippen LogP contribution in [0.4, 0.5) is 5.69 Å². The van der Waals surface area contributed by atoms with Crippen LogP contribution >= 0.6 is 0 Å². The molecule has 0 saturated heterocycles. The van der Waals surface area contributed by atoms with E-state index in [1.807, 2.05) is 30.3 Å². The average molecular weight is 396 g/mol. The van der Waals surface area contributed by atoms with Crippen molar-refractivity contribution >= 4 is 22.6 Å². The Morgan fingerprint density at radius 1 is 1.10 bits per heavy atom. The first-order valence-electron chi connectivity index (χ1n) is 9.16. The van der Waals surface area contributed by atoms with Crippen LogP contribution in [0.15, 0.2) is 59.4 Å². The average Bonchev–Trinajstić information content (AvgIpc) is 2.71. The number of non-ortho nitro benzene ring substituents is 1. The summed E-state index contributed by atoms with van der Waals surface area (Å²) in [5, 5.41) is 20.6. The number of hydrogen-bond donors (Lipinski definition) is 1. The topological polar surface area (TPSA) is 112 Å². The number of pyridine rings is 1. The molecule has 1 aromatic heterocycles. The zero-order valence-electron chi connectivity index (χ0n) is 15.6. The van der Waals surface area contributed by atoms with E-state index >= 15 is 0 Å². The Hall–Kier alpha value is -3.68. The van der Waals surface area contributed by atoms with E-state index in [0.717, 1.165) is 5.56 Å². The number of benzene rings is 2. The molecule has 1 heterocycles. The first-order valence-corrected chi connectivity index (χ1v) is 9.16. The van der Waals surface area contributed by atoms with E-state index in [1.165, 1.54) is 16.7 Å². The molecule has 0 fully saturated rings. The van der Waals surface area contributed by atoms with E-state index in [0.29, 0.717) is 23.7 Å². The number of rotatable bonds is 9. The second-order valence-electron chi connectivity index (χ2n) is 6.59. The van der Waals surface area contributed by atoms with Crippen LogP contribution in [-0.4, -0.2) is 20.6 Å². The fraction of sp³-hybridized carbons (Fsp3) is 0.238. The molecular weight excluding hydrogens is 376 g/mol. The number of carboxylic acid groups (broad SMARTS) is 1. The lowest BCUT2D eigenvalue weighted by atomic mass is 10.1. The Morgan fingerprint density at radius 2 is 1.86 bits per heavy atom. The van der Waals surface area contributed by atoms with Gasteiger partial charge in [-0.15, -0.1) is 0 Å². The van der Waals surface area contributed by atoms with Gasteiger partial charge in [-0.2, -0.15) is 0 Å². The highest BCUT2D eigenvalue weighted by molar-refractivity contribution is 5.82. The molecule has 0 aliphatic rings. The van der Waals surface area contributed by atoms with Gasteiger partial charge in [-0.25, -0.2) is 0 Å². The van der Waals surface area contributed by atoms with Crippen molar-refractivity contribution in [3.63, 3.8) is 0 Å². The largest absolute Gasteiger partial charge is 0.483 e. The van der Waals surface area contributed by atoms with Crippen molar-refractivity contribution in [3.05, 3.63) is 80.6 Å². The summed E-state index contributed by atoms with van der Waals surface area (Å²) in [5.41, 5.74) is 0.814. The molecule has 2 aromatic carbocycles. The third-order valence-corrected chi connectivity index (χ3v) is 4.52. The van der Waals surface area contributed by atoms with Crippen LogP contribution < -0.4 is 10.3 Å². The summed E-state index contributed by atoms with van der Waals surface area (Å²) >= 11 is 0. The van der Waals surface area contributed by atoms with Crippen molar-refractivity contribution in [2.75, 3.05) is 0 Å². The summed E-state index contributed by atoms with van der Waals surface area (Å²) in [4.78, 5) is 34.3. The van der Waals surface area contributed by atoms with Gasteiger partial charge in [0.2, 0.25) is 0 Å². The number of unbranched alkanes of at least 4 members (excludes halogenated alkanes) is 1. The predicted molar refractivity (Wildman–Crippen MR) is 107 cm³/mol. The number of hydrogen-bond acceptors (Lipinski definition) is 5. The standard InChI is InChI=1S/C21H20N2O6/c24-20(25)8-4-5-11-22-18-13-17(23(27)28)10-9-16(18)12-19(21(22)26)29-14-15-6-2-1-3-7-15/h1-3,6-7,9-10,12-13H,4-5,8,11,14H2,(H,24,25). The highest BCUT2D eigenvalue weighted by atomic mass is 16.6. The molecule has 8 heteroatoms. The molecule has 150 valence electrons. The lowest BCUT2D eigenvalue weighted by Gasteiger charge is -2.13. The van der Waals surface area contributed by atoms with E-state index < -0.39 is 16.5 Å². The Balaban J connectivity index is 1.95. The first kappa shape index (κ1) is 20.1. The van der Waals surface area contributed by atoms with Crippen molar-refractivity contribution in [1.82, 2.24) is 4.57 Å². The first-order chi connectivity index (χ1) is 14.0. The molecule has 0 atom stereocenters. The van der Waals surface area contributed by atoms with Gasteiger partial charge < -0.3 is 14.4 Å². The number of nitrogens with zero attached hydrogens (tertiary/aromatic N) is 2. The monoisotopic (exact) mass is 396 g/mol. The Morgan fingerprint density at radius 3 is 2.55 bits per heavy atom. The quantitative estimate of drug-likeness (QED) is 0.335. The molecule has 8 nitrogen and oxygen atoms in total. The van der Waals surface area contributed by atoms with E-state index in [1.54, 1.807) is 12.1 Å². The maximum absolute atomic E-state index is 13.0. The minimum Gasteiger partial charge on any atom is -0.483 e. The summed E-state index contributed by atoms with van der Waals surface area (Å²) in [7, 11) is 0. The highest BCUT2D eigenvalue weighted by Gasteiger charge is 2.14. The van der Waals surface area contributed by atoms with Crippen molar-refractivity contribution in [1.29, 1.82) is 0 Å². The van der Waals surface area contributed by atoms with Gasteiger partial charge >= 0.3 is 5.97 Å². The van der Waals surface area contributed by atoms with Crippen LogP contribution in [0.1, 0.15) is 24.8 Å². The molecule has 0 saturated carbocycles. The number of fused-ring (bicyclic) bond motifs is 1. The zero-order chi connectivity index (χ0) is 20.8. The van der Waals surface area contributed by atoms with Gasteiger partial charge in [-0.3, -0.25) is 19.7 Å². The molecule has 0 unspecified atom stereocenters. The zero-order valence-corrected chi connectivity index (χ0v) is 15.6. The molecule has 0 amide bonds. The minimum absolute atomic E-state index is 0.00295. The van der Waals surface area contributed by atoms with Gasteiger partial charge in [0.1, 0.15) is 6.61 Å². The van der Waals surface area contributed by atoms with Gasteiger partial charge in [0, 0.05) is 30.5 Å². The van der Waals surface area contributed by atoms with Gasteiger partial charge in [0.25, 0.3) is 11.2 Å². The van der Waals surface area contributed by atoms with Crippen molar-refractivity contribution in [3.8, 4) is 5.75 Å². The smallest absolute Gasteiger partial charge is 0.303 e.